The van der Waals surface area contributed by atoms with Crippen molar-refractivity contribution in [2.24, 2.45) is 0 Å². The molecule has 100 valence electrons. The fourth-order valence-electron chi connectivity index (χ4n) is 2.15. The van der Waals surface area contributed by atoms with Crippen LogP contribution in [0.25, 0.3) is 0 Å². The summed E-state index contributed by atoms with van der Waals surface area (Å²) >= 11 is 0. The van der Waals surface area contributed by atoms with E-state index < -0.39 is 5.67 Å². The smallest absolute Gasteiger partial charge is 0.161 e. The van der Waals surface area contributed by atoms with E-state index in [4.69, 9.17) is 9.47 Å². The lowest BCUT2D eigenvalue weighted by molar-refractivity contribution is 0.168. The largest absolute Gasteiger partial charge is 0.486 e. The number of ether oxygens (including phenoxy) is 2. The van der Waals surface area contributed by atoms with E-state index in [-0.39, 0.29) is 0 Å². The van der Waals surface area contributed by atoms with Crippen LogP contribution in [0.2, 0.25) is 0 Å². The summed E-state index contributed by atoms with van der Waals surface area (Å²) in [4.78, 5) is 0. The maximum Gasteiger partial charge on any atom is 0.161 e. The van der Waals surface area contributed by atoms with E-state index in [1.165, 1.54) is 0 Å². The van der Waals surface area contributed by atoms with E-state index in [1.807, 2.05) is 13.1 Å². The first kappa shape index (κ1) is 13.1. The SMILES string of the molecule is CNCCc1cc2c(cc1C(C)(C)F)OCCO2. The summed E-state index contributed by atoms with van der Waals surface area (Å²) in [5.41, 5.74) is 0.280. The summed E-state index contributed by atoms with van der Waals surface area (Å²) < 4.78 is 25.3. The molecule has 0 atom stereocenters. The van der Waals surface area contributed by atoms with Gasteiger partial charge in [0.25, 0.3) is 0 Å². The van der Waals surface area contributed by atoms with Gasteiger partial charge in [0.15, 0.2) is 11.5 Å². The van der Waals surface area contributed by atoms with Gasteiger partial charge >= 0.3 is 0 Å². The number of hydrogen-bond acceptors (Lipinski definition) is 3. The quantitative estimate of drug-likeness (QED) is 0.894. The van der Waals surface area contributed by atoms with Crippen LogP contribution in [0.15, 0.2) is 12.1 Å². The molecular formula is C14H20FNO2. The molecule has 3 nitrogen and oxygen atoms in total. The molecule has 0 fully saturated rings. The fourth-order valence-corrected chi connectivity index (χ4v) is 2.15. The predicted molar refractivity (Wildman–Crippen MR) is 69.2 cm³/mol. The topological polar surface area (TPSA) is 30.5 Å². The van der Waals surface area contributed by atoms with Gasteiger partial charge in [0.2, 0.25) is 0 Å². The highest BCUT2D eigenvalue weighted by atomic mass is 19.1. The number of hydrogen-bond donors (Lipinski definition) is 1. The second-order valence-corrected chi connectivity index (χ2v) is 4.98. The Morgan fingerprint density at radius 1 is 1.22 bits per heavy atom. The average Bonchev–Trinajstić information content (AvgIpc) is 2.34. The van der Waals surface area contributed by atoms with E-state index in [2.05, 4.69) is 5.32 Å². The lowest BCUT2D eigenvalue weighted by atomic mass is 9.92. The number of halogens is 1. The van der Waals surface area contributed by atoms with Crippen LogP contribution in [0.5, 0.6) is 11.5 Å². The standard InChI is InChI=1S/C14H20FNO2/c1-14(2,15)11-9-13-12(17-6-7-18-13)8-10(11)4-5-16-3/h8-9,16H,4-7H2,1-3H3. The molecule has 0 aromatic heterocycles. The van der Waals surface area contributed by atoms with Crippen LogP contribution < -0.4 is 14.8 Å². The summed E-state index contributed by atoms with van der Waals surface area (Å²) in [6.07, 6.45) is 0.774. The molecule has 1 aliphatic rings. The molecular weight excluding hydrogens is 233 g/mol. The zero-order valence-corrected chi connectivity index (χ0v) is 11.2. The van der Waals surface area contributed by atoms with Gasteiger partial charge < -0.3 is 14.8 Å². The van der Waals surface area contributed by atoms with E-state index >= 15 is 0 Å². The summed E-state index contributed by atoms with van der Waals surface area (Å²) in [7, 11) is 1.89. The Hall–Kier alpha value is -1.29. The minimum absolute atomic E-state index is 0.523. The Morgan fingerprint density at radius 2 is 1.83 bits per heavy atom. The third kappa shape index (κ3) is 2.75. The highest BCUT2D eigenvalue weighted by Gasteiger charge is 2.26. The fraction of sp³-hybridized carbons (Fsp3) is 0.571. The summed E-state index contributed by atoms with van der Waals surface area (Å²) in [6.45, 7) is 5.02. The highest BCUT2D eigenvalue weighted by molar-refractivity contribution is 5.50. The Bertz CT molecular complexity index is 427. The molecule has 18 heavy (non-hydrogen) atoms. The Kier molecular flexibility index (Phi) is 3.76. The van der Waals surface area contributed by atoms with Gasteiger partial charge in [-0.15, -0.1) is 0 Å². The van der Waals surface area contributed by atoms with Crippen molar-refractivity contribution in [2.75, 3.05) is 26.8 Å². The first-order valence-corrected chi connectivity index (χ1v) is 6.29. The maximum atomic E-state index is 14.3. The minimum atomic E-state index is -1.38. The third-order valence-corrected chi connectivity index (χ3v) is 3.05. The number of nitrogens with one attached hydrogen (secondary N) is 1. The molecule has 1 aromatic carbocycles. The third-order valence-electron chi connectivity index (χ3n) is 3.05. The van der Waals surface area contributed by atoms with E-state index in [9.17, 15) is 4.39 Å². The van der Waals surface area contributed by atoms with Crippen molar-refractivity contribution < 1.29 is 13.9 Å². The van der Waals surface area contributed by atoms with Crippen molar-refractivity contribution in [2.45, 2.75) is 25.9 Å². The molecule has 0 saturated carbocycles. The van der Waals surface area contributed by atoms with Gasteiger partial charge in [-0.05, 0) is 57.1 Å². The van der Waals surface area contributed by atoms with Crippen molar-refractivity contribution in [3.63, 3.8) is 0 Å². The molecule has 0 aliphatic carbocycles. The molecule has 0 unspecified atom stereocenters. The Balaban J connectivity index is 2.41. The number of fused-ring (bicyclic) bond motifs is 1. The van der Waals surface area contributed by atoms with Crippen molar-refractivity contribution >= 4 is 0 Å². The molecule has 0 amide bonds. The van der Waals surface area contributed by atoms with Gasteiger partial charge in [-0.2, -0.15) is 0 Å². The van der Waals surface area contributed by atoms with E-state index in [1.54, 1.807) is 19.9 Å². The average molecular weight is 253 g/mol. The van der Waals surface area contributed by atoms with Crippen LogP contribution in [-0.4, -0.2) is 26.8 Å². The Labute approximate surface area is 107 Å². The summed E-state index contributed by atoms with van der Waals surface area (Å²) in [6, 6.07) is 3.68. The van der Waals surface area contributed by atoms with E-state index in [0.29, 0.717) is 24.5 Å². The molecule has 1 aliphatic heterocycles. The molecule has 0 bridgehead atoms. The number of benzene rings is 1. The van der Waals surface area contributed by atoms with E-state index in [0.717, 1.165) is 24.3 Å². The summed E-state index contributed by atoms with van der Waals surface area (Å²) in [5, 5.41) is 3.08. The normalized spacial score (nSPS) is 14.7. The first-order valence-electron chi connectivity index (χ1n) is 6.29. The van der Waals surface area contributed by atoms with Gasteiger partial charge in [-0.3, -0.25) is 0 Å². The van der Waals surface area contributed by atoms with Crippen LogP contribution in [0.3, 0.4) is 0 Å². The van der Waals surface area contributed by atoms with Crippen LogP contribution in [0.4, 0.5) is 4.39 Å². The maximum absolute atomic E-state index is 14.3. The molecule has 1 N–H and O–H groups in total. The molecule has 1 aromatic rings. The second-order valence-electron chi connectivity index (χ2n) is 4.98. The van der Waals surface area contributed by atoms with Gasteiger partial charge in [-0.1, -0.05) is 0 Å². The number of likely N-dealkylation sites (N-methyl/N-ethyl adjacent to an activating group) is 1. The monoisotopic (exact) mass is 253 g/mol. The predicted octanol–water partition coefficient (Wildman–Crippen LogP) is 2.42. The van der Waals surface area contributed by atoms with Crippen molar-refractivity contribution in [3.05, 3.63) is 23.3 Å². The van der Waals surface area contributed by atoms with Gasteiger partial charge in [0.1, 0.15) is 18.9 Å². The minimum Gasteiger partial charge on any atom is -0.486 e. The van der Waals surface area contributed by atoms with Crippen molar-refractivity contribution in [3.8, 4) is 11.5 Å². The van der Waals surface area contributed by atoms with Crippen molar-refractivity contribution in [1.82, 2.24) is 5.32 Å². The van der Waals surface area contributed by atoms with Crippen LogP contribution in [0.1, 0.15) is 25.0 Å². The lowest BCUT2D eigenvalue weighted by Gasteiger charge is -2.25. The zero-order chi connectivity index (χ0) is 13.2. The van der Waals surface area contributed by atoms with Crippen LogP contribution in [0, 0.1) is 0 Å². The molecule has 0 radical (unpaired) electrons. The number of rotatable bonds is 4. The molecule has 0 spiro atoms. The zero-order valence-electron chi connectivity index (χ0n) is 11.2. The first-order chi connectivity index (χ1) is 8.52. The van der Waals surface area contributed by atoms with Crippen LogP contribution >= 0.6 is 0 Å². The van der Waals surface area contributed by atoms with Gasteiger partial charge in [-0.25, -0.2) is 4.39 Å². The molecule has 0 saturated heterocycles. The summed E-state index contributed by atoms with van der Waals surface area (Å²) in [5.74, 6) is 1.37. The van der Waals surface area contributed by atoms with Gasteiger partial charge in [0, 0.05) is 0 Å². The van der Waals surface area contributed by atoms with Crippen molar-refractivity contribution in [1.29, 1.82) is 0 Å². The molecule has 4 heteroatoms. The second kappa shape index (κ2) is 5.14. The van der Waals surface area contributed by atoms with Crippen LogP contribution in [-0.2, 0) is 12.1 Å². The highest BCUT2D eigenvalue weighted by Crippen LogP contribution is 2.38. The number of alkyl halides is 1. The lowest BCUT2D eigenvalue weighted by Crippen LogP contribution is -2.20. The molecule has 1 heterocycles. The Morgan fingerprint density at radius 3 is 2.39 bits per heavy atom. The van der Waals surface area contributed by atoms with Gasteiger partial charge in [0.05, 0.1) is 0 Å². The molecule has 2 rings (SSSR count).